The summed E-state index contributed by atoms with van der Waals surface area (Å²) in [7, 11) is 0. The Bertz CT molecular complexity index is 339. The van der Waals surface area contributed by atoms with Crippen LogP contribution < -0.4 is 0 Å². The third-order valence-corrected chi connectivity index (χ3v) is 2.88. The van der Waals surface area contributed by atoms with E-state index in [1.165, 1.54) is 11.3 Å². The van der Waals surface area contributed by atoms with Gasteiger partial charge >= 0.3 is 5.97 Å². The molecule has 0 radical (unpaired) electrons. The van der Waals surface area contributed by atoms with Crippen molar-refractivity contribution in [2.24, 2.45) is 0 Å². The van der Waals surface area contributed by atoms with Crippen LogP contribution in [0, 0.1) is 6.92 Å². The predicted octanol–water partition coefficient (Wildman–Crippen LogP) is 0.409. The molecular weight excluding hydrogens is 218 g/mol. The van der Waals surface area contributed by atoms with Gasteiger partial charge < -0.3 is 14.9 Å². The first kappa shape index (κ1) is 12.1. The van der Waals surface area contributed by atoms with E-state index in [0.29, 0.717) is 10.6 Å². The highest BCUT2D eigenvalue weighted by Crippen LogP contribution is 2.24. The van der Waals surface area contributed by atoms with E-state index in [9.17, 15) is 15.0 Å². The van der Waals surface area contributed by atoms with Gasteiger partial charge in [-0.1, -0.05) is 0 Å². The van der Waals surface area contributed by atoms with Crippen molar-refractivity contribution in [3.05, 3.63) is 16.1 Å². The Morgan fingerprint density at radius 2 is 2.33 bits per heavy atom. The minimum atomic E-state index is -1.55. The summed E-state index contributed by atoms with van der Waals surface area (Å²) in [5.41, 5.74) is 2.15. The first-order chi connectivity index (χ1) is 7.07. The quantitative estimate of drug-likeness (QED) is 0.734. The number of aliphatic hydroxyl groups excluding tert-OH is 2. The molecule has 0 aliphatic rings. The molecule has 84 valence electrons. The number of carbonyl (C=O) groups is 1. The van der Waals surface area contributed by atoms with Crippen LogP contribution in [-0.2, 0) is 9.53 Å². The Kier molecular flexibility index (Phi) is 4.19. The van der Waals surface area contributed by atoms with Gasteiger partial charge in [0.1, 0.15) is 6.10 Å². The molecule has 0 bridgehead atoms. The Labute approximate surface area is 91.3 Å². The summed E-state index contributed by atoms with van der Waals surface area (Å²) in [5, 5.41) is 19.1. The summed E-state index contributed by atoms with van der Waals surface area (Å²) in [6.07, 6.45) is -2.82. The molecule has 15 heavy (non-hydrogen) atoms. The number of aliphatic hydroxyl groups is 2. The molecule has 0 saturated heterocycles. The Hall–Kier alpha value is -0.980. The van der Waals surface area contributed by atoms with E-state index in [-0.39, 0.29) is 6.61 Å². The monoisotopic (exact) mass is 231 g/mol. The van der Waals surface area contributed by atoms with Crippen molar-refractivity contribution < 1.29 is 19.7 Å². The second-order valence-corrected chi connectivity index (χ2v) is 3.83. The maximum atomic E-state index is 11.1. The number of carbonyl (C=O) groups excluding carboxylic acids is 1. The fourth-order valence-electron chi connectivity index (χ4n) is 1.09. The second kappa shape index (κ2) is 5.20. The van der Waals surface area contributed by atoms with E-state index in [4.69, 9.17) is 0 Å². The second-order valence-electron chi connectivity index (χ2n) is 2.94. The van der Waals surface area contributed by atoms with Crippen LogP contribution in [0.2, 0.25) is 0 Å². The number of thiazole rings is 1. The molecule has 1 unspecified atom stereocenters. The fourth-order valence-corrected chi connectivity index (χ4v) is 1.91. The van der Waals surface area contributed by atoms with Gasteiger partial charge in [0.2, 0.25) is 0 Å². The molecule has 0 aliphatic heterocycles. The first-order valence-electron chi connectivity index (χ1n) is 4.50. The molecule has 1 heterocycles. The van der Waals surface area contributed by atoms with Crippen LogP contribution in [-0.4, -0.2) is 33.9 Å². The molecular formula is C9H13NO4S. The number of hydrogen-bond acceptors (Lipinski definition) is 6. The number of esters is 1. The van der Waals surface area contributed by atoms with Gasteiger partial charge in [0.25, 0.3) is 0 Å². The molecule has 2 N–H and O–H groups in total. The third kappa shape index (κ3) is 2.74. The van der Waals surface area contributed by atoms with Crippen LogP contribution in [0.3, 0.4) is 0 Å². The zero-order valence-electron chi connectivity index (χ0n) is 8.51. The fraction of sp³-hybridized carbons (Fsp3) is 0.556. The summed E-state index contributed by atoms with van der Waals surface area (Å²) in [6.45, 7) is 3.51. The van der Waals surface area contributed by atoms with Gasteiger partial charge in [-0.15, -0.1) is 11.3 Å². The zero-order chi connectivity index (χ0) is 11.4. The van der Waals surface area contributed by atoms with E-state index in [1.54, 1.807) is 19.4 Å². The molecule has 1 aromatic rings. The Morgan fingerprint density at radius 3 is 2.80 bits per heavy atom. The van der Waals surface area contributed by atoms with Crippen LogP contribution >= 0.6 is 11.3 Å². The van der Waals surface area contributed by atoms with Crippen molar-refractivity contribution in [2.75, 3.05) is 6.61 Å². The molecule has 0 aromatic carbocycles. The topological polar surface area (TPSA) is 79.7 Å². The van der Waals surface area contributed by atoms with Gasteiger partial charge in [0.05, 0.1) is 22.7 Å². The maximum absolute atomic E-state index is 11.1. The summed E-state index contributed by atoms with van der Waals surface area (Å²) in [4.78, 5) is 15.5. The molecule has 0 amide bonds. The van der Waals surface area contributed by atoms with Crippen molar-refractivity contribution in [1.29, 1.82) is 0 Å². The van der Waals surface area contributed by atoms with Crippen LogP contribution in [0.25, 0.3) is 0 Å². The highest BCUT2D eigenvalue weighted by atomic mass is 32.1. The van der Waals surface area contributed by atoms with Crippen LogP contribution in [0.15, 0.2) is 5.51 Å². The summed E-state index contributed by atoms with van der Waals surface area (Å²) >= 11 is 1.19. The van der Waals surface area contributed by atoms with Crippen molar-refractivity contribution in [3.8, 4) is 0 Å². The van der Waals surface area contributed by atoms with Crippen LogP contribution in [0.4, 0.5) is 0 Å². The van der Waals surface area contributed by atoms with E-state index >= 15 is 0 Å². The van der Waals surface area contributed by atoms with Crippen molar-refractivity contribution in [1.82, 2.24) is 4.98 Å². The smallest absolute Gasteiger partial charge is 0.338 e. The SMILES string of the molecule is CCOC(=O)C(O)[C@@H](O)c1scnc1C. The maximum Gasteiger partial charge on any atom is 0.338 e. The van der Waals surface area contributed by atoms with Crippen molar-refractivity contribution in [3.63, 3.8) is 0 Å². The normalized spacial score (nSPS) is 14.7. The zero-order valence-corrected chi connectivity index (χ0v) is 9.32. The minimum Gasteiger partial charge on any atom is -0.464 e. The number of ether oxygens (including phenoxy) is 1. The number of aryl methyl sites for hydroxylation is 1. The molecule has 6 heteroatoms. The van der Waals surface area contributed by atoms with Gasteiger partial charge in [-0.3, -0.25) is 0 Å². The number of rotatable bonds is 4. The van der Waals surface area contributed by atoms with Gasteiger partial charge in [-0.05, 0) is 13.8 Å². The molecule has 0 aliphatic carbocycles. The molecule has 0 spiro atoms. The molecule has 1 aromatic heterocycles. The van der Waals surface area contributed by atoms with E-state index < -0.39 is 18.2 Å². The summed E-state index contributed by atoms with van der Waals surface area (Å²) in [5.74, 6) is -0.821. The highest BCUT2D eigenvalue weighted by Gasteiger charge is 2.29. The largest absolute Gasteiger partial charge is 0.464 e. The predicted molar refractivity (Wildman–Crippen MR) is 54.5 cm³/mol. The molecule has 1 rings (SSSR count). The lowest BCUT2D eigenvalue weighted by Gasteiger charge is -2.15. The molecule has 5 nitrogen and oxygen atoms in total. The summed E-state index contributed by atoms with van der Waals surface area (Å²) in [6, 6.07) is 0. The molecule has 0 fully saturated rings. The molecule has 0 saturated carbocycles. The van der Waals surface area contributed by atoms with Crippen LogP contribution in [0.5, 0.6) is 0 Å². The average Bonchev–Trinajstić information content (AvgIpc) is 2.62. The van der Waals surface area contributed by atoms with Gasteiger partial charge in [-0.2, -0.15) is 0 Å². The Balaban J connectivity index is 2.72. The van der Waals surface area contributed by atoms with E-state index in [2.05, 4.69) is 9.72 Å². The average molecular weight is 231 g/mol. The standard InChI is InChI=1S/C9H13NO4S/c1-3-14-9(13)7(12)6(11)8-5(2)10-4-15-8/h4,6-7,11-12H,3H2,1-2H3/t6-,7?/m1/s1. The lowest BCUT2D eigenvalue weighted by Crippen LogP contribution is -2.29. The van der Waals surface area contributed by atoms with E-state index in [1.807, 2.05) is 0 Å². The summed E-state index contributed by atoms with van der Waals surface area (Å²) < 4.78 is 4.60. The highest BCUT2D eigenvalue weighted by molar-refractivity contribution is 7.09. The van der Waals surface area contributed by atoms with Gasteiger partial charge in [0, 0.05) is 0 Å². The molecule has 2 atom stereocenters. The lowest BCUT2D eigenvalue weighted by molar-refractivity contribution is -0.159. The van der Waals surface area contributed by atoms with Crippen molar-refractivity contribution in [2.45, 2.75) is 26.1 Å². The van der Waals surface area contributed by atoms with E-state index in [0.717, 1.165) is 0 Å². The van der Waals surface area contributed by atoms with Gasteiger partial charge in [-0.25, -0.2) is 9.78 Å². The number of nitrogens with zero attached hydrogens (tertiary/aromatic N) is 1. The first-order valence-corrected chi connectivity index (χ1v) is 5.38. The Morgan fingerprint density at radius 1 is 1.67 bits per heavy atom. The van der Waals surface area contributed by atoms with Crippen LogP contribution in [0.1, 0.15) is 23.6 Å². The number of hydrogen-bond donors (Lipinski definition) is 2. The third-order valence-electron chi connectivity index (χ3n) is 1.88. The van der Waals surface area contributed by atoms with Crippen molar-refractivity contribution >= 4 is 17.3 Å². The number of aromatic nitrogens is 1. The lowest BCUT2D eigenvalue weighted by atomic mass is 10.1. The van der Waals surface area contributed by atoms with Gasteiger partial charge in [0.15, 0.2) is 6.10 Å². The minimum absolute atomic E-state index is 0.171.